The molecule has 5 heteroatoms. The van der Waals surface area contributed by atoms with Gasteiger partial charge < -0.3 is 15.0 Å². The van der Waals surface area contributed by atoms with E-state index in [1.165, 1.54) is 167 Å². The minimum Gasteiger partial charge on any atom is -0.449 e. The summed E-state index contributed by atoms with van der Waals surface area (Å²) < 4.78 is 6.36. The Kier molecular flexibility index (Phi) is 36.6. The molecule has 0 aliphatic carbocycles. The molecule has 1 N–H and O–H groups in total. The Bertz CT molecular complexity index is 867. The lowest BCUT2D eigenvalue weighted by atomic mass is 9.88. The first-order valence-electron chi connectivity index (χ1n) is 24.6. The van der Waals surface area contributed by atoms with Crippen LogP contribution in [-0.4, -0.2) is 48.6 Å². The highest BCUT2D eigenvalue weighted by atomic mass is 16.6. The minimum atomic E-state index is -1.03. The van der Waals surface area contributed by atoms with E-state index in [4.69, 9.17) is 4.74 Å². The zero-order valence-electron chi connectivity index (χ0n) is 37.3. The van der Waals surface area contributed by atoms with Gasteiger partial charge in [0, 0.05) is 13.0 Å². The Labute approximate surface area is 343 Å². The average molecular weight is 771 g/mol. The van der Waals surface area contributed by atoms with E-state index in [1.54, 1.807) is 0 Å². The van der Waals surface area contributed by atoms with Gasteiger partial charge in [-0.2, -0.15) is 0 Å². The molecule has 5 nitrogen and oxygen atoms in total. The van der Waals surface area contributed by atoms with Crippen molar-refractivity contribution in [1.29, 1.82) is 0 Å². The van der Waals surface area contributed by atoms with E-state index in [0.717, 1.165) is 64.6 Å². The first-order valence-corrected chi connectivity index (χ1v) is 24.6. The van der Waals surface area contributed by atoms with Gasteiger partial charge in [0.1, 0.15) is 0 Å². The molecular formula is C50H94N2O3. The molecule has 0 aromatic carbocycles. The zero-order chi connectivity index (χ0) is 39.8. The van der Waals surface area contributed by atoms with Crippen molar-refractivity contribution in [2.75, 3.05) is 26.2 Å². The molecule has 1 heterocycles. The lowest BCUT2D eigenvalue weighted by Gasteiger charge is -2.33. The van der Waals surface area contributed by atoms with E-state index < -0.39 is 5.60 Å². The largest absolute Gasteiger partial charge is 0.449 e. The third-order valence-electron chi connectivity index (χ3n) is 11.8. The van der Waals surface area contributed by atoms with Gasteiger partial charge in [0.15, 0.2) is 5.60 Å². The normalized spacial score (nSPS) is 13.8. The van der Waals surface area contributed by atoms with Crippen LogP contribution >= 0.6 is 0 Å². The standard InChI is InChI=1S/C50H94N2O3/c1-4-7-10-12-14-16-18-20-22-24-26-28-30-32-34-36-42-50(49(54)51-44-9-6-3,55-48(53)41-40-47-52-45-38-39-46-52)43-37-35-33-31-29-27-25-23-21-19-17-15-13-11-8-5-2/h20-23H,4-19,24-47H2,1-3H3,(H,51,54)/b22-20-,23-21-. The molecular weight excluding hydrogens is 677 g/mol. The molecule has 1 aliphatic rings. The van der Waals surface area contributed by atoms with Gasteiger partial charge in [-0.3, -0.25) is 9.59 Å². The molecule has 0 aromatic rings. The van der Waals surface area contributed by atoms with Crippen LogP contribution in [0.4, 0.5) is 0 Å². The fourth-order valence-electron chi connectivity index (χ4n) is 8.08. The number of hydrogen-bond donors (Lipinski definition) is 1. The van der Waals surface area contributed by atoms with Crippen molar-refractivity contribution in [1.82, 2.24) is 10.2 Å². The highest BCUT2D eigenvalue weighted by Gasteiger charge is 2.41. The van der Waals surface area contributed by atoms with Crippen molar-refractivity contribution in [2.45, 2.75) is 258 Å². The second-order valence-electron chi connectivity index (χ2n) is 17.1. The van der Waals surface area contributed by atoms with Gasteiger partial charge in [0.2, 0.25) is 0 Å². The molecule has 0 bridgehead atoms. The third-order valence-corrected chi connectivity index (χ3v) is 11.8. The molecule has 0 aromatic heterocycles. The third kappa shape index (κ3) is 31.1. The predicted molar refractivity (Wildman–Crippen MR) is 240 cm³/mol. The maximum absolute atomic E-state index is 13.9. The maximum Gasteiger partial charge on any atom is 0.306 e. The second-order valence-corrected chi connectivity index (χ2v) is 17.1. The van der Waals surface area contributed by atoms with Gasteiger partial charge in [-0.15, -0.1) is 0 Å². The SMILES string of the molecule is CCCCCCCC/C=C\CCCCCCCCC(CCCCCCCC/C=C\CCCCCCCC)(OC(=O)CCCN1CCCC1)C(=O)NCCCC. The number of hydrogen-bond acceptors (Lipinski definition) is 4. The number of nitrogens with one attached hydrogen (secondary N) is 1. The van der Waals surface area contributed by atoms with Gasteiger partial charge in [0.25, 0.3) is 5.91 Å². The summed E-state index contributed by atoms with van der Waals surface area (Å²) in [6, 6.07) is 0. The van der Waals surface area contributed by atoms with E-state index in [-0.39, 0.29) is 11.9 Å². The summed E-state index contributed by atoms with van der Waals surface area (Å²) in [5, 5.41) is 3.20. The Balaban J connectivity index is 2.53. The molecule has 55 heavy (non-hydrogen) atoms. The van der Waals surface area contributed by atoms with Crippen LogP contribution in [0.2, 0.25) is 0 Å². The smallest absolute Gasteiger partial charge is 0.306 e. The molecule has 0 saturated carbocycles. The molecule has 1 saturated heterocycles. The number of rotatable bonds is 41. The number of amides is 1. The summed E-state index contributed by atoms with van der Waals surface area (Å²) in [7, 11) is 0. The first-order chi connectivity index (χ1) is 27.1. The van der Waals surface area contributed by atoms with Gasteiger partial charge in [-0.1, -0.05) is 167 Å². The average Bonchev–Trinajstić information content (AvgIpc) is 3.71. The fraction of sp³-hybridized carbons (Fsp3) is 0.880. The second kappa shape index (κ2) is 39.2. The molecule has 0 unspecified atom stereocenters. The van der Waals surface area contributed by atoms with E-state index in [9.17, 15) is 9.59 Å². The molecule has 0 spiro atoms. The number of allylic oxidation sites excluding steroid dienone is 4. The van der Waals surface area contributed by atoms with Gasteiger partial charge >= 0.3 is 5.97 Å². The Morgan fingerprint density at radius 2 is 0.891 bits per heavy atom. The van der Waals surface area contributed by atoms with E-state index in [1.807, 2.05) is 0 Å². The first kappa shape index (κ1) is 51.4. The molecule has 1 rings (SSSR count). The lowest BCUT2D eigenvalue weighted by molar-refractivity contribution is -0.171. The van der Waals surface area contributed by atoms with Crippen molar-refractivity contribution >= 4 is 11.9 Å². The lowest BCUT2D eigenvalue weighted by Crippen LogP contribution is -2.50. The predicted octanol–water partition coefficient (Wildman–Crippen LogP) is 14.9. The number of carbonyl (C=O) groups is 2. The van der Waals surface area contributed by atoms with Crippen molar-refractivity contribution < 1.29 is 14.3 Å². The number of unbranched alkanes of at least 4 members (excludes halogenated alkanes) is 25. The van der Waals surface area contributed by atoms with Crippen molar-refractivity contribution in [3.8, 4) is 0 Å². The monoisotopic (exact) mass is 771 g/mol. The Morgan fingerprint density at radius 1 is 0.509 bits per heavy atom. The summed E-state index contributed by atoms with van der Waals surface area (Å²) in [5.74, 6) is -0.228. The molecule has 0 radical (unpaired) electrons. The topological polar surface area (TPSA) is 58.6 Å². The summed E-state index contributed by atoms with van der Waals surface area (Å²) in [4.78, 5) is 29.8. The van der Waals surface area contributed by atoms with E-state index >= 15 is 0 Å². The Hall–Kier alpha value is -1.62. The number of nitrogens with zero attached hydrogens (tertiary/aromatic N) is 1. The number of likely N-dealkylation sites (tertiary alicyclic amines) is 1. The van der Waals surface area contributed by atoms with Crippen LogP contribution in [0, 0.1) is 0 Å². The molecule has 1 aliphatic heterocycles. The summed E-state index contributed by atoms with van der Waals surface area (Å²) >= 11 is 0. The van der Waals surface area contributed by atoms with Crippen molar-refractivity contribution in [3.05, 3.63) is 24.3 Å². The van der Waals surface area contributed by atoms with Crippen LogP contribution < -0.4 is 5.32 Å². The summed E-state index contributed by atoms with van der Waals surface area (Å²) in [5.41, 5.74) is -1.03. The van der Waals surface area contributed by atoms with Crippen molar-refractivity contribution in [2.24, 2.45) is 0 Å². The highest BCUT2D eigenvalue weighted by Crippen LogP contribution is 2.29. The van der Waals surface area contributed by atoms with Gasteiger partial charge in [0.05, 0.1) is 0 Å². The van der Waals surface area contributed by atoms with Crippen LogP contribution in [-0.2, 0) is 14.3 Å². The van der Waals surface area contributed by atoms with Crippen LogP contribution in [0.1, 0.15) is 252 Å². The van der Waals surface area contributed by atoms with E-state index in [0.29, 0.717) is 25.8 Å². The number of ether oxygens (including phenoxy) is 1. The highest BCUT2D eigenvalue weighted by molar-refractivity contribution is 5.87. The molecule has 1 fully saturated rings. The number of esters is 1. The van der Waals surface area contributed by atoms with Crippen LogP contribution in [0.25, 0.3) is 0 Å². The van der Waals surface area contributed by atoms with Crippen LogP contribution in [0.5, 0.6) is 0 Å². The van der Waals surface area contributed by atoms with E-state index in [2.05, 4.69) is 55.3 Å². The fourth-order valence-corrected chi connectivity index (χ4v) is 8.08. The van der Waals surface area contributed by atoms with Crippen LogP contribution in [0.3, 0.4) is 0 Å². The molecule has 0 atom stereocenters. The Morgan fingerprint density at radius 3 is 1.31 bits per heavy atom. The minimum absolute atomic E-state index is 0.0469. The van der Waals surface area contributed by atoms with Crippen LogP contribution in [0.15, 0.2) is 24.3 Å². The quantitative estimate of drug-likeness (QED) is 0.0382. The van der Waals surface area contributed by atoms with Crippen molar-refractivity contribution in [3.63, 3.8) is 0 Å². The summed E-state index contributed by atoms with van der Waals surface area (Å²) in [6.45, 7) is 10.6. The maximum atomic E-state index is 13.9. The number of carbonyl (C=O) groups excluding carboxylic acids is 2. The molecule has 322 valence electrons. The van der Waals surface area contributed by atoms with Gasteiger partial charge in [-0.05, 0) is 122 Å². The van der Waals surface area contributed by atoms with Gasteiger partial charge in [-0.25, -0.2) is 0 Å². The summed E-state index contributed by atoms with van der Waals surface area (Å²) in [6.07, 6.45) is 51.9. The molecule has 1 amide bonds. The zero-order valence-corrected chi connectivity index (χ0v) is 37.3.